The molecule has 0 bridgehead atoms. The topological polar surface area (TPSA) is 55.4 Å². The van der Waals surface area contributed by atoms with Crippen LogP contribution in [0.25, 0.3) is 6.08 Å². The Morgan fingerprint density at radius 2 is 2.04 bits per heavy atom. The van der Waals surface area contributed by atoms with Gasteiger partial charge in [-0.3, -0.25) is 4.79 Å². The van der Waals surface area contributed by atoms with Gasteiger partial charge >= 0.3 is 5.97 Å². The molecular formula is C18H15ClFNO3. The second-order valence-corrected chi connectivity index (χ2v) is 5.46. The summed E-state index contributed by atoms with van der Waals surface area (Å²) in [6.45, 7) is 1.43. The van der Waals surface area contributed by atoms with Gasteiger partial charge in [0.1, 0.15) is 5.82 Å². The maximum Gasteiger partial charge on any atom is 0.331 e. The quantitative estimate of drug-likeness (QED) is 0.657. The molecule has 124 valence electrons. The van der Waals surface area contributed by atoms with Gasteiger partial charge in [-0.25, -0.2) is 9.18 Å². The Kier molecular flexibility index (Phi) is 6.09. The number of amides is 1. The smallest absolute Gasteiger partial charge is 0.331 e. The lowest BCUT2D eigenvalue weighted by Gasteiger charge is -2.06. The number of benzene rings is 2. The third-order valence-corrected chi connectivity index (χ3v) is 3.24. The van der Waals surface area contributed by atoms with Crippen LogP contribution in [0.5, 0.6) is 0 Å². The second-order valence-electron chi connectivity index (χ2n) is 5.03. The summed E-state index contributed by atoms with van der Waals surface area (Å²) in [6, 6.07) is 11.4. The van der Waals surface area contributed by atoms with Crippen molar-refractivity contribution in [3.05, 3.63) is 70.5 Å². The van der Waals surface area contributed by atoms with Crippen LogP contribution in [0.1, 0.15) is 11.1 Å². The van der Waals surface area contributed by atoms with Crippen molar-refractivity contribution in [1.82, 2.24) is 0 Å². The summed E-state index contributed by atoms with van der Waals surface area (Å²) >= 11 is 5.62. The largest absolute Gasteiger partial charge is 0.452 e. The number of halogens is 2. The van der Waals surface area contributed by atoms with Crippen molar-refractivity contribution in [3.8, 4) is 0 Å². The third kappa shape index (κ3) is 5.52. The Bertz CT molecular complexity index is 790. The number of carbonyl (C=O) groups excluding carboxylic acids is 2. The van der Waals surface area contributed by atoms with Crippen LogP contribution in [-0.4, -0.2) is 18.5 Å². The molecule has 0 aliphatic rings. The number of hydrogen-bond donors (Lipinski definition) is 1. The Morgan fingerprint density at radius 3 is 2.75 bits per heavy atom. The van der Waals surface area contributed by atoms with E-state index in [-0.39, 0.29) is 10.7 Å². The van der Waals surface area contributed by atoms with Crippen LogP contribution in [0, 0.1) is 12.7 Å². The zero-order valence-electron chi connectivity index (χ0n) is 12.9. The highest BCUT2D eigenvalue weighted by atomic mass is 35.5. The lowest BCUT2D eigenvalue weighted by atomic mass is 10.1. The Labute approximate surface area is 143 Å². The molecule has 24 heavy (non-hydrogen) atoms. The number of rotatable bonds is 5. The number of anilines is 1. The highest BCUT2D eigenvalue weighted by Crippen LogP contribution is 2.18. The van der Waals surface area contributed by atoms with E-state index in [2.05, 4.69) is 5.32 Å². The molecule has 0 aromatic heterocycles. The van der Waals surface area contributed by atoms with Crippen LogP contribution in [-0.2, 0) is 14.3 Å². The zero-order chi connectivity index (χ0) is 17.5. The summed E-state index contributed by atoms with van der Waals surface area (Å²) in [5.41, 5.74) is 1.88. The van der Waals surface area contributed by atoms with Gasteiger partial charge in [0.05, 0.1) is 5.69 Å². The predicted octanol–water partition coefficient (Wildman–Crippen LogP) is 3.98. The van der Waals surface area contributed by atoms with Gasteiger partial charge in [-0.1, -0.05) is 41.4 Å². The lowest BCUT2D eigenvalue weighted by Crippen LogP contribution is -2.20. The van der Waals surface area contributed by atoms with Crippen molar-refractivity contribution in [1.29, 1.82) is 0 Å². The van der Waals surface area contributed by atoms with Crippen LogP contribution >= 0.6 is 11.6 Å². The predicted molar refractivity (Wildman–Crippen MR) is 91.2 cm³/mol. The molecule has 0 saturated heterocycles. The van der Waals surface area contributed by atoms with E-state index in [0.29, 0.717) is 0 Å². The summed E-state index contributed by atoms with van der Waals surface area (Å²) in [6.07, 6.45) is 2.82. The van der Waals surface area contributed by atoms with E-state index >= 15 is 0 Å². The number of esters is 1. The number of aryl methyl sites for hydroxylation is 1. The van der Waals surface area contributed by atoms with Gasteiger partial charge in [-0.2, -0.15) is 0 Å². The lowest BCUT2D eigenvalue weighted by molar-refractivity contribution is -0.142. The first-order valence-electron chi connectivity index (χ1n) is 7.10. The van der Waals surface area contributed by atoms with Crippen LogP contribution < -0.4 is 5.32 Å². The van der Waals surface area contributed by atoms with Crippen LogP contribution in [0.3, 0.4) is 0 Å². The van der Waals surface area contributed by atoms with Gasteiger partial charge < -0.3 is 10.1 Å². The van der Waals surface area contributed by atoms with E-state index in [1.54, 1.807) is 6.08 Å². The van der Waals surface area contributed by atoms with E-state index in [9.17, 15) is 14.0 Å². The minimum absolute atomic E-state index is 0.0317. The fourth-order valence-corrected chi connectivity index (χ4v) is 2.06. The Morgan fingerprint density at radius 1 is 1.25 bits per heavy atom. The monoisotopic (exact) mass is 347 g/mol. The molecule has 6 heteroatoms. The van der Waals surface area contributed by atoms with Gasteiger partial charge in [0.25, 0.3) is 5.91 Å². The van der Waals surface area contributed by atoms with Crippen molar-refractivity contribution < 1.29 is 18.7 Å². The van der Waals surface area contributed by atoms with Gasteiger partial charge in [-0.15, -0.1) is 0 Å². The maximum atomic E-state index is 13.5. The molecular weight excluding hydrogens is 333 g/mol. The fourth-order valence-electron chi connectivity index (χ4n) is 1.90. The summed E-state index contributed by atoms with van der Waals surface area (Å²) in [5.74, 6) is -1.97. The van der Waals surface area contributed by atoms with E-state index in [0.717, 1.165) is 17.2 Å². The number of nitrogens with one attached hydrogen (secondary N) is 1. The summed E-state index contributed by atoms with van der Waals surface area (Å²) in [5, 5.41) is 2.52. The second kappa shape index (κ2) is 8.26. The van der Waals surface area contributed by atoms with Gasteiger partial charge in [0.15, 0.2) is 6.61 Å². The molecule has 4 nitrogen and oxygen atoms in total. The highest BCUT2D eigenvalue weighted by molar-refractivity contribution is 6.30. The minimum Gasteiger partial charge on any atom is -0.452 e. The molecule has 0 spiro atoms. The first kappa shape index (κ1) is 17.7. The average molecular weight is 348 g/mol. The normalized spacial score (nSPS) is 10.6. The summed E-state index contributed by atoms with van der Waals surface area (Å²) < 4.78 is 18.3. The summed E-state index contributed by atoms with van der Waals surface area (Å²) in [7, 11) is 0. The van der Waals surface area contributed by atoms with Crippen molar-refractivity contribution in [2.45, 2.75) is 6.92 Å². The van der Waals surface area contributed by atoms with Crippen molar-refractivity contribution in [3.63, 3.8) is 0 Å². The van der Waals surface area contributed by atoms with Crippen molar-refractivity contribution >= 4 is 35.2 Å². The fraction of sp³-hybridized carbons (Fsp3) is 0.111. The van der Waals surface area contributed by atoms with E-state index in [4.69, 9.17) is 16.3 Å². The zero-order valence-corrected chi connectivity index (χ0v) is 13.6. The molecule has 0 fully saturated rings. The van der Waals surface area contributed by atoms with E-state index < -0.39 is 24.3 Å². The molecule has 1 N–H and O–H groups in total. The number of ether oxygens (including phenoxy) is 1. The van der Waals surface area contributed by atoms with Crippen molar-refractivity contribution in [2.24, 2.45) is 0 Å². The number of carbonyl (C=O) groups is 2. The van der Waals surface area contributed by atoms with E-state index in [1.165, 1.54) is 18.2 Å². The molecule has 0 unspecified atom stereocenters. The molecule has 0 radical (unpaired) electrons. The average Bonchev–Trinajstić information content (AvgIpc) is 2.54. The molecule has 0 aliphatic heterocycles. The van der Waals surface area contributed by atoms with Gasteiger partial charge in [0.2, 0.25) is 0 Å². The van der Waals surface area contributed by atoms with Gasteiger partial charge in [0, 0.05) is 11.1 Å². The van der Waals surface area contributed by atoms with Crippen LogP contribution in [0.2, 0.25) is 5.02 Å². The van der Waals surface area contributed by atoms with Crippen molar-refractivity contribution in [2.75, 3.05) is 11.9 Å². The van der Waals surface area contributed by atoms with Crippen LogP contribution in [0.4, 0.5) is 10.1 Å². The summed E-state index contributed by atoms with van der Waals surface area (Å²) in [4.78, 5) is 23.3. The maximum absolute atomic E-state index is 13.5. The Balaban J connectivity index is 1.83. The molecule has 2 aromatic rings. The SMILES string of the molecule is Cc1cccc(/C=C/C(=O)OCC(=O)Nc2ccc(Cl)cc2F)c1. The molecule has 2 rings (SSSR count). The molecule has 1 amide bonds. The Hall–Kier alpha value is -2.66. The molecule has 0 heterocycles. The minimum atomic E-state index is -0.665. The molecule has 2 aromatic carbocycles. The third-order valence-electron chi connectivity index (χ3n) is 3.00. The molecule has 0 saturated carbocycles. The molecule has 0 atom stereocenters. The van der Waals surface area contributed by atoms with Gasteiger partial charge in [-0.05, 0) is 36.8 Å². The molecule has 0 aliphatic carbocycles. The van der Waals surface area contributed by atoms with Crippen LogP contribution in [0.15, 0.2) is 48.5 Å². The highest BCUT2D eigenvalue weighted by Gasteiger charge is 2.09. The number of hydrogen-bond acceptors (Lipinski definition) is 3. The van der Waals surface area contributed by atoms with E-state index in [1.807, 2.05) is 31.2 Å². The first-order valence-corrected chi connectivity index (χ1v) is 7.48. The standard InChI is InChI=1S/C18H15ClFNO3/c1-12-3-2-4-13(9-12)5-8-18(23)24-11-17(22)21-16-7-6-14(19)10-15(16)20/h2-10H,11H2,1H3,(H,21,22)/b8-5+. The first-order chi connectivity index (χ1) is 11.4.